The third-order valence-electron chi connectivity index (χ3n) is 2.90. The van der Waals surface area contributed by atoms with Crippen molar-refractivity contribution in [1.82, 2.24) is 5.32 Å². The van der Waals surface area contributed by atoms with Gasteiger partial charge in [0.2, 0.25) is 0 Å². The van der Waals surface area contributed by atoms with Gasteiger partial charge >= 0.3 is 6.03 Å². The number of aryl methyl sites for hydroxylation is 2. The van der Waals surface area contributed by atoms with Crippen molar-refractivity contribution < 1.29 is 14.3 Å². The number of urea groups is 1. The Bertz CT molecular complexity index is 563. The van der Waals surface area contributed by atoms with Gasteiger partial charge in [-0.25, -0.2) is 4.79 Å². The second-order valence-corrected chi connectivity index (χ2v) is 5.48. The summed E-state index contributed by atoms with van der Waals surface area (Å²) in [5.41, 5.74) is 0.781. The molecular formula is C14H18N2O3S. The van der Waals surface area contributed by atoms with Crippen LogP contribution in [0, 0.1) is 13.8 Å². The Balaban J connectivity index is 1.75. The van der Waals surface area contributed by atoms with E-state index in [1.165, 1.54) is 11.3 Å². The SMILES string of the molecule is Cc1cc(C(O)CCNC(=O)Nc2cccs2)c(C)o1. The highest BCUT2D eigenvalue weighted by molar-refractivity contribution is 7.14. The molecule has 2 rings (SSSR count). The van der Waals surface area contributed by atoms with Gasteiger partial charge in [-0.3, -0.25) is 5.32 Å². The number of carbonyl (C=O) groups excluding carboxylic acids is 1. The molecule has 1 unspecified atom stereocenters. The average molecular weight is 294 g/mol. The fourth-order valence-corrected chi connectivity index (χ4v) is 2.58. The van der Waals surface area contributed by atoms with Crippen LogP contribution in [0.3, 0.4) is 0 Å². The molecule has 2 amide bonds. The number of rotatable bonds is 5. The lowest BCUT2D eigenvalue weighted by Gasteiger charge is -2.10. The normalized spacial score (nSPS) is 12.2. The zero-order valence-corrected chi connectivity index (χ0v) is 12.3. The zero-order chi connectivity index (χ0) is 14.5. The lowest BCUT2D eigenvalue weighted by Crippen LogP contribution is -2.30. The lowest BCUT2D eigenvalue weighted by atomic mass is 10.1. The fraction of sp³-hybridized carbons (Fsp3) is 0.357. The highest BCUT2D eigenvalue weighted by atomic mass is 32.1. The zero-order valence-electron chi connectivity index (χ0n) is 11.5. The van der Waals surface area contributed by atoms with Gasteiger partial charge in [-0.2, -0.15) is 0 Å². The second-order valence-electron chi connectivity index (χ2n) is 4.53. The van der Waals surface area contributed by atoms with Crippen molar-refractivity contribution >= 4 is 22.4 Å². The molecule has 0 fully saturated rings. The molecular weight excluding hydrogens is 276 g/mol. The van der Waals surface area contributed by atoms with E-state index in [0.29, 0.717) is 13.0 Å². The Labute approximate surface area is 121 Å². The molecule has 0 aromatic carbocycles. The van der Waals surface area contributed by atoms with Gasteiger partial charge in [0.15, 0.2) is 0 Å². The Morgan fingerprint density at radius 3 is 2.90 bits per heavy atom. The number of nitrogens with one attached hydrogen (secondary N) is 2. The topological polar surface area (TPSA) is 74.5 Å². The van der Waals surface area contributed by atoms with Crippen LogP contribution < -0.4 is 10.6 Å². The first-order chi connectivity index (χ1) is 9.56. The first-order valence-corrected chi connectivity index (χ1v) is 7.27. The fourth-order valence-electron chi connectivity index (χ4n) is 1.97. The monoisotopic (exact) mass is 294 g/mol. The van der Waals surface area contributed by atoms with E-state index in [4.69, 9.17) is 4.42 Å². The summed E-state index contributed by atoms with van der Waals surface area (Å²) in [6.45, 7) is 4.06. The van der Waals surface area contributed by atoms with E-state index in [1.807, 2.05) is 37.4 Å². The van der Waals surface area contributed by atoms with Crippen LogP contribution in [0.15, 0.2) is 28.0 Å². The summed E-state index contributed by atoms with van der Waals surface area (Å²) in [6.07, 6.45) is -0.188. The van der Waals surface area contributed by atoms with Crippen LogP contribution in [0.1, 0.15) is 29.6 Å². The van der Waals surface area contributed by atoms with Crippen LogP contribution in [0.5, 0.6) is 0 Å². The van der Waals surface area contributed by atoms with Gasteiger partial charge in [0, 0.05) is 12.1 Å². The molecule has 3 N–H and O–H groups in total. The van der Waals surface area contributed by atoms with Crippen LogP contribution in [0.2, 0.25) is 0 Å². The van der Waals surface area contributed by atoms with Crippen molar-refractivity contribution in [3.63, 3.8) is 0 Å². The van der Waals surface area contributed by atoms with Gasteiger partial charge < -0.3 is 14.8 Å². The molecule has 2 aromatic rings. The van der Waals surface area contributed by atoms with Gasteiger partial charge in [0.1, 0.15) is 11.5 Å². The summed E-state index contributed by atoms with van der Waals surface area (Å²) in [4.78, 5) is 11.6. The van der Waals surface area contributed by atoms with E-state index in [2.05, 4.69) is 10.6 Å². The Morgan fingerprint density at radius 2 is 2.30 bits per heavy atom. The maximum atomic E-state index is 11.6. The maximum absolute atomic E-state index is 11.6. The van der Waals surface area contributed by atoms with E-state index >= 15 is 0 Å². The summed E-state index contributed by atoms with van der Waals surface area (Å²) in [7, 11) is 0. The van der Waals surface area contributed by atoms with Crippen LogP contribution in [-0.4, -0.2) is 17.7 Å². The minimum absolute atomic E-state index is 0.264. The molecule has 0 saturated heterocycles. The number of anilines is 1. The highest BCUT2D eigenvalue weighted by Gasteiger charge is 2.14. The average Bonchev–Trinajstić information content (AvgIpc) is 2.98. The van der Waals surface area contributed by atoms with Gasteiger partial charge in [0.25, 0.3) is 0 Å². The van der Waals surface area contributed by atoms with Gasteiger partial charge in [-0.05, 0) is 43.8 Å². The lowest BCUT2D eigenvalue weighted by molar-refractivity contribution is 0.165. The standard InChI is InChI=1S/C14H18N2O3S/c1-9-8-11(10(2)19-9)12(17)5-6-15-14(18)16-13-4-3-7-20-13/h3-4,7-8,12,17H,5-6H2,1-2H3,(H2,15,16,18). The van der Waals surface area contributed by atoms with Crippen LogP contribution >= 0.6 is 11.3 Å². The molecule has 0 aliphatic rings. The Kier molecular flexibility index (Phi) is 4.81. The number of hydrogen-bond acceptors (Lipinski definition) is 4. The first kappa shape index (κ1) is 14.6. The summed E-state index contributed by atoms with van der Waals surface area (Å²) in [6, 6.07) is 5.26. The molecule has 0 aliphatic carbocycles. The quantitative estimate of drug-likeness (QED) is 0.792. The second kappa shape index (κ2) is 6.58. The molecule has 5 nitrogen and oxygen atoms in total. The third kappa shape index (κ3) is 3.85. The summed E-state index contributed by atoms with van der Waals surface area (Å²) >= 11 is 1.46. The van der Waals surface area contributed by atoms with Crippen molar-refractivity contribution in [2.24, 2.45) is 0 Å². The smallest absolute Gasteiger partial charge is 0.319 e. The molecule has 0 spiro atoms. The number of thiophene rings is 1. The third-order valence-corrected chi connectivity index (χ3v) is 3.68. The number of hydrogen-bond donors (Lipinski definition) is 3. The number of amides is 2. The molecule has 0 aliphatic heterocycles. The molecule has 2 heterocycles. The van der Waals surface area contributed by atoms with E-state index in [-0.39, 0.29) is 6.03 Å². The minimum atomic E-state index is -0.630. The van der Waals surface area contributed by atoms with E-state index < -0.39 is 6.10 Å². The number of aliphatic hydroxyl groups excluding tert-OH is 1. The summed E-state index contributed by atoms with van der Waals surface area (Å²) in [5, 5.41) is 18.2. The number of furan rings is 1. The Morgan fingerprint density at radius 1 is 1.50 bits per heavy atom. The minimum Gasteiger partial charge on any atom is -0.466 e. The summed E-state index contributed by atoms with van der Waals surface area (Å²) in [5.74, 6) is 1.50. The molecule has 0 saturated carbocycles. The Hall–Kier alpha value is -1.79. The van der Waals surface area contributed by atoms with E-state index in [1.54, 1.807) is 0 Å². The maximum Gasteiger partial charge on any atom is 0.319 e. The van der Waals surface area contributed by atoms with Crippen LogP contribution in [-0.2, 0) is 0 Å². The van der Waals surface area contributed by atoms with Crippen molar-refractivity contribution in [2.45, 2.75) is 26.4 Å². The predicted molar refractivity (Wildman–Crippen MR) is 79.1 cm³/mol. The molecule has 0 bridgehead atoms. The molecule has 2 aromatic heterocycles. The van der Waals surface area contributed by atoms with Crippen LogP contribution in [0.25, 0.3) is 0 Å². The van der Waals surface area contributed by atoms with Crippen molar-refractivity contribution in [2.75, 3.05) is 11.9 Å². The van der Waals surface area contributed by atoms with E-state index in [9.17, 15) is 9.90 Å². The van der Waals surface area contributed by atoms with E-state index in [0.717, 1.165) is 22.1 Å². The number of carbonyl (C=O) groups is 1. The van der Waals surface area contributed by atoms with Crippen LogP contribution in [0.4, 0.5) is 9.80 Å². The van der Waals surface area contributed by atoms with Crippen molar-refractivity contribution in [1.29, 1.82) is 0 Å². The summed E-state index contributed by atoms with van der Waals surface area (Å²) < 4.78 is 5.37. The molecule has 0 radical (unpaired) electrons. The first-order valence-electron chi connectivity index (χ1n) is 6.39. The molecule has 108 valence electrons. The largest absolute Gasteiger partial charge is 0.466 e. The molecule has 1 atom stereocenters. The van der Waals surface area contributed by atoms with Gasteiger partial charge in [0.05, 0.1) is 11.1 Å². The van der Waals surface area contributed by atoms with Gasteiger partial charge in [-0.1, -0.05) is 0 Å². The predicted octanol–water partition coefficient (Wildman–Crippen LogP) is 3.20. The molecule has 20 heavy (non-hydrogen) atoms. The van der Waals surface area contributed by atoms with Crippen molar-refractivity contribution in [3.8, 4) is 0 Å². The van der Waals surface area contributed by atoms with Gasteiger partial charge in [-0.15, -0.1) is 11.3 Å². The number of aliphatic hydroxyl groups is 1. The highest BCUT2D eigenvalue weighted by Crippen LogP contribution is 2.23. The van der Waals surface area contributed by atoms with Crippen molar-refractivity contribution in [3.05, 3.63) is 40.7 Å². The molecule has 6 heteroatoms.